The highest BCUT2D eigenvalue weighted by Crippen LogP contribution is 2.46. The van der Waals surface area contributed by atoms with Crippen LogP contribution in [0, 0.1) is 35.2 Å². The summed E-state index contributed by atoms with van der Waals surface area (Å²) in [7, 11) is 0. The molecule has 7 rings (SSSR count). The van der Waals surface area contributed by atoms with Gasteiger partial charge >= 0.3 is 5.97 Å². The number of aromatic amines is 1. The molecule has 36 heavy (non-hydrogen) atoms. The first-order chi connectivity index (χ1) is 17.4. The average molecular weight is 493 g/mol. The highest BCUT2D eigenvalue weighted by molar-refractivity contribution is 6.00. The van der Waals surface area contributed by atoms with Crippen LogP contribution in [0.4, 0.5) is 19.0 Å². The van der Waals surface area contributed by atoms with Crippen LogP contribution in [0.3, 0.4) is 0 Å². The van der Waals surface area contributed by atoms with E-state index in [1.807, 2.05) is 0 Å². The molecule has 1 aromatic carbocycles. The molecule has 3 fully saturated rings. The molecule has 3 saturated carbocycles. The lowest BCUT2D eigenvalue weighted by Gasteiger charge is -2.47. The Balaban J connectivity index is 1.46. The van der Waals surface area contributed by atoms with E-state index >= 15 is 0 Å². The molecule has 3 N–H and O–H groups in total. The number of halogens is 3. The topological polar surface area (TPSA) is 104 Å². The lowest BCUT2D eigenvalue weighted by molar-refractivity contribution is -0.148. The number of aliphatic carboxylic acids is 1. The van der Waals surface area contributed by atoms with Crippen molar-refractivity contribution in [2.45, 2.75) is 31.7 Å². The number of nitrogens with zero attached hydrogens (tertiary/aromatic N) is 3. The van der Waals surface area contributed by atoms with Crippen LogP contribution in [0.25, 0.3) is 33.7 Å². The number of benzene rings is 1. The number of carboxylic acid groups (broad SMARTS) is 1. The van der Waals surface area contributed by atoms with E-state index in [0.717, 1.165) is 38.1 Å². The van der Waals surface area contributed by atoms with Crippen LogP contribution < -0.4 is 5.32 Å². The Morgan fingerprint density at radius 3 is 2.42 bits per heavy atom. The van der Waals surface area contributed by atoms with Crippen LogP contribution in [0.2, 0.25) is 0 Å². The molecule has 2 unspecified atom stereocenters. The van der Waals surface area contributed by atoms with Crippen molar-refractivity contribution < 1.29 is 23.1 Å². The fourth-order valence-electron chi connectivity index (χ4n) is 5.87. The van der Waals surface area contributed by atoms with E-state index in [0.29, 0.717) is 27.9 Å². The molecule has 0 spiro atoms. The fraction of sp³-hybridized carbons (Fsp3) is 0.308. The van der Waals surface area contributed by atoms with E-state index in [1.165, 1.54) is 18.2 Å². The first-order valence-corrected chi connectivity index (χ1v) is 11.8. The number of hydrogen-bond acceptors (Lipinski definition) is 5. The third-order valence-electron chi connectivity index (χ3n) is 7.53. The Bertz CT molecular complexity index is 1460. The predicted octanol–water partition coefficient (Wildman–Crippen LogP) is 5.41. The van der Waals surface area contributed by atoms with Crippen molar-refractivity contribution in [2.75, 3.05) is 5.32 Å². The molecule has 4 aromatic rings. The summed E-state index contributed by atoms with van der Waals surface area (Å²) in [5, 5.41) is 13.3. The van der Waals surface area contributed by atoms with E-state index in [9.17, 15) is 23.1 Å². The first kappa shape index (κ1) is 22.5. The van der Waals surface area contributed by atoms with Gasteiger partial charge in [-0.1, -0.05) is 0 Å². The Morgan fingerprint density at radius 1 is 0.972 bits per heavy atom. The van der Waals surface area contributed by atoms with Gasteiger partial charge in [-0.15, -0.1) is 0 Å². The maximum absolute atomic E-state index is 14.9. The fourth-order valence-corrected chi connectivity index (χ4v) is 5.87. The molecule has 3 aliphatic rings. The molecule has 0 saturated heterocycles. The van der Waals surface area contributed by atoms with Gasteiger partial charge in [-0.2, -0.15) is 0 Å². The number of pyridine rings is 1. The standard InChI is InChI=1S/C26H22F3N5O2/c27-15-7-5-14(6-8-15)22-20(17-9-16(28)10-30-23(17)32-22)25-31-11-18(29)24(34-25)33-21-13-3-1-12(2-4-13)19(21)26(35)36/h5-13,19,21H,1-4H2,(H,30,32)(H,35,36)(H,31,33,34). The number of nitrogens with one attached hydrogen (secondary N) is 2. The molecule has 3 aromatic heterocycles. The minimum absolute atomic E-state index is 0.0436. The monoisotopic (exact) mass is 493 g/mol. The molecule has 3 aliphatic carbocycles. The zero-order chi connectivity index (χ0) is 25.0. The first-order valence-electron chi connectivity index (χ1n) is 11.8. The second-order valence-electron chi connectivity index (χ2n) is 9.53. The van der Waals surface area contributed by atoms with E-state index in [2.05, 4.69) is 25.3 Å². The maximum atomic E-state index is 14.9. The van der Waals surface area contributed by atoms with E-state index in [-0.39, 0.29) is 23.5 Å². The van der Waals surface area contributed by atoms with Crippen molar-refractivity contribution in [3.63, 3.8) is 0 Å². The molecular weight excluding hydrogens is 471 g/mol. The quantitative estimate of drug-likeness (QED) is 0.344. The maximum Gasteiger partial charge on any atom is 0.308 e. The van der Waals surface area contributed by atoms with E-state index in [4.69, 9.17) is 0 Å². The van der Waals surface area contributed by atoms with Crippen molar-refractivity contribution >= 4 is 22.8 Å². The van der Waals surface area contributed by atoms with Crippen molar-refractivity contribution in [2.24, 2.45) is 17.8 Å². The molecular formula is C26H22F3N5O2. The summed E-state index contributed by atoms with van der Waals surface area (Å²) >= 11 is 0. The zero-order valence-electron chi connectivity index (χ0n) is 19.0. The van der Waals surface area contributed by atoms with Crippen molar-refractivity contribution in [3.05, 3.63) is 60.2 Å². The second kappa shape index (κ2) is 8.61. The number of hydrogen-bond donors (Lipinski definition) is 3. The third-order valence-corrected chi connectivity index (χ3v) is 7.53. The molecule has 10 heteroatoms. The molecule has 0 radical (unpaired) electrons. The summed E-state index contributed by atoms with van der Waals surface area (Å²) in [4.78, 5) is 27.9. The molecule has 184 valence electrons. The molecule has 0 amide bonds. The van der Waals surface area contributed by atoms with Crippen molar-refractivity contribution in [1.82, 2.24) is 19.9 Å². The van der Waals surface area contributed by atoms with Gasteiger partial charge < -0.3 is 15.4 Å². The minimum atomic E-state index is -0.895. The second-order valence-corrected chi connectivity index (χ2v) is 9.53. The highest BCUT2D eigenvalue weighted by atomic mass is 19.1. The Morgan fingerprint density at radius 2 is 1.69 bits per heavy atom. The van der Waals surface area contributed by atoms with Gasteiger partial charge in [0.1, 0.15) is 17.3 Å². The van der Waals surface area contributed by atoms with Crippen molar-refractivity contribution in [1.29, 1.82) is 0 Å². The van der Waals surface area contributed by atoms with Gasteiger partial charge in [-0.25, -0.2) is 28.1 Å². The lowest BCUT2D eigenvalue weighted by Crippen LogP contribution is -2.51. The van der Waals surface area contributed by atoms with E-state index < -0.39 is 35.4 Å². The summed E-state index contributed by atoms with van der Waals surface area (Å²) in [5.74, 6) is -3.08. The smallest absolute Gasteiger partial charge is 0.308 e. The van der Waals surface area contributed by atoms with Crippen LogP contribution in [0.15, 0.2) is 42.7 Å². The van der Waals surface area contributed by atoms with Gasteiger partial charge in [0, 0.05) is 11.4 Å². The minimum Gasteiger partial charge on any atom is -0.481 e. The summed E-state index contributed by atoms with van der Waals surface area (Å²) in [5.41, 5.74) is 1.80. The SMILES string of the molecule is O=C(O)C1C2CCC(CC2)C1Nc1nc(-c2c(-c3ccc(F)cc3)[nH]c3ncc(F)cc23)ncc1F. The van der Waals surface area contributed by atoms with Crippen LogP contribution >= 0.6 is 0 Å². The van der Waals surface area contributed by atoms with Crippen LogP contribution in [0.1, 0.15) is 25.7 Å². The molecule has 7 nitrogen and oxygen atoms in total. The van der Waals surface area contributed by atoms with Gasteiger partial charge in [0.25, 0.3) is 0 Å². The number of rotatable bonds is 5. The summed E-state index contributed by atoms with van der Waals surface area (Å²) in [6.45, 7) is 0. The third kappa shape index (κ3) is 3.77. The van der Waals surface area contributed by atoms with Crippen molar-refractivity contribution in [3.8, 4) is 22.6 Å². The van der Waals surface area contributed by atoms with Crippen LogP contribution in [-0.4, -0.2) is 37.1 Å². The predicted molar refractivity (Wildman–Crippen MR) is 126 cm³/mol. The summed E-state index contributed by atoms with van der Waals surface area (Å²) < 4.78 is 42.7. The summed E-state index contributed by atoms with van der Waals surface area (Å²) in [6.07, 6.45) is 5.56. The van der Waals surface area contributed by atoms with Crippen LogP contribution in [0.5, 0.6) is 0 Å². The molecule has 2 bridgehead atoms. The van der Waals surface area contributed by atoms with E-state index in [1.54, 1.807) is 12.1 Å². The zero-order valence-corrected chi connectivity index (χ0v) is 19.0. The van der Waals surface area contributed by atoms with Crippen LogP contribution in [-0.2, 0) is 4.79 Å². The number of anilines is 1. The molecule has 2 atom stereocenters. The lowest BCUT2D eigenvalue weighted by atomic mass is 9.61. The number of aromatic nitrogens is 4. The number of H-pyrrole nitrogens is 1. The molecule has 0 aliphatic heterocycles. The summed E-state index contributed by atoms with van der Waals surface area (Å²) in [6, 6.07) is 6.52. The Kier molecular flexibility index (Phi) is 5.39. The molecule has 3 heterocycles. The number of fused-ring (bicyclic) bond motifs is 4. The Hall–Kier alpha value is -3.95. The van der Waals surface area contributed by atoms with Gasteiger partial charge in [-0.05, 0) is 73.4 Å². The average Bonchev–Trinajstić information content (AvgIpc) is 3.25. The normalized spacial score (nSPS) is 23.2. The van der Waals surface area contributed by atoms with Gasteiger partial charge in [0.15, 0.2) is 17.5 Å². The largest absolute Gasteiger partial charge is 0.481 e. The Labute approximate surface area is 203 Å². The number of carboxylic acids is 1. The van der Waals surface area contributed by atoms with Gasteiger partial charge in [0.05, 0.1) is 29.6 Å². The highest BCUT2D eigenvalue weighted by Gasteiger charge is 2.47. The van der Waals surface area contributed by atoms with Gasteiger partial charge in [0.2, 0.25) is 0 Å². The van der Waals surface area contributed by atoms with Gasteiger partial charge in [-0.3, -0.25) is 4.79 Å². The number of carbonyl (C=O) groups is 1.